The minimum Gasteiger partial charge on any atom is -0.337 e. The van der Waals surface area contributed by atoms with Crippen LogP contribution in [0.3, 0.4) is 0 Å². The summed E-state index contributed by atoms with van der Waals surface area (Å²) in [4.78, 5) is 14.2. The van der Waals surface area contributed by atoms with E-state index in [1.165, 1.54) is 0 Å². The molecule has 1 fully saturated rings. The van der Waals surface area contributed by atoms with E-state index in [-0.39, 0.29) is 5.91 Å². The monoisotopic (exact) mass is 296 g/mol. The first kappa shape index (κ1) is 12.6. The highest BCUT2D eigenvalue weighted by atomic mass is 79.9. The Balaban J connectivity index is 2.03. The van der Waals surface area contributed by atoms with Crippen molar-refractivity contribution in [1.29, 1.82) is 0 Å². The molecular weight excluding hydrogens is 280 g/mol. The summed E-state index contributed by atoms with van der Waals surface area (Å²) < 4.78 is 1.01. The van der Waals surface area contributed by atoms with E-state index in [1.807, 2.05) is 29.2 Å². The first-order valence-electron chi connectivity index (χ1n) is 5.92. The van der Waals surface area contributed by atoms with Crippen LogP contribution in [0.15, 0.2) is 28.7 Å². The summed E-state index contributed by atoms with van der Waals surface area (Å²) in [5, 5.41) is 3.29. The van der Waals surface area contributed by atoms with E-state index in [0.717, 1.165) is 29.7 Å². The highest BCUT2D eigenvalue weighted by Crippen LogP contribution is 2.17. The second-order valence-electron chi connectivity index (χ2n) is 4.41. The molecular formula is C13H17BrN2O. The van der Waals surface area contributed by atoms with Crippen LogP contribution in [0.25, 0.3) is 0 Å². The van der Waals surface area contributed by atoms with Crippen LogP contribution >= 0.6 is 15.9 Å². The number of hydrogen-bond acceptors (Lipinski definition) is 2. The molecule has 1 amide bonds. The molecule has 92 valence electrons. The molecule has 0 aliphatic carbocycles. The van der Waals surface area contributed by atoms with Crippen LogP contribution in [0.1, 0.15) is 12.5 Å². The SMILES string of the molecule is C[C@H]1CNCCN1C(=O)Cc1ccccc1Br. The Morgan fingerprint density at radius 2 is 2.29 bits per heavy atom. The lowest BCUT2D eigenvalue weighted by molar-refractivity contribution is -0.133. The molecule has 0 aromatic heterocycles. The van der Waals surface area contributed by atoms with Crippen LogP contribution < -0.4 is 5.32 Å². The van der Waals surface area contributed by atoms with Gasteiger partial charge in [0, 0.05) is 30.1 Å². The van der Waals surface area contributed by atoms with Crippen molar-refractivity contribution < 1.29 is 4.79 Å². The lowest BCUT2D eigenvalue weighted by Gasteiger charge is -2.34. The topological polar surface area (TPSA) is 32.3 Å². The van der Waals surface area contributed by atoms with Crippen molar-refractivity contribution in [3.63, 3.8) is 0 Å². The Bertz CT molecular complexity index is 408. The number of carbonyl (C=O) groups excluding carboxylic acids is 1. The second-order valence-corrected chi connectivity index (χ2v) is 5.26. The molecule has 1 aliphatic rings. The lowest BCUT2D eigenvalue weighted by atomic mass is 10.1. The summed E-state index contributed by atoms with van der Waals surface area (Å²) in [6.07, 6.45) is 0.478. The summed E-state index contributed by atoms with van der Waals surface area (Å²) in [5.41, 5.74) is 1.06. The number of hydrogen-bond donors (Lipinski definition) is 1. The fourth-order valence-corrected chi connectivity index (χ4v) is 2.54. The minimum atomic E-state index is 0.214. The van der Waals surface area contributed by atoms with Gasteiger partial charge in [-0.15, -0.1) is 0 Å². The number of amides is 1. The molecule has 0 unspecified atom stereocenters. The van der Waals surface area contributed by atoms with Crippen LogP contribution in [0, 0.1) is 0 Å². The van der Waals surface area contributed by atoms with Crippen molar-refractivity contribution >= 4 is 21.8 Å². The van der Waals surface area contributed by atoms with Gasteiger partial charge in [-0.3, -0.25) is 4.79 Å². The number of rotatable bonds is 2. The zero-order chi connectivity index (χ0) is 12.3. The van der Waals surface area contributed by atoms with E-state index in [4.69, 9.17) is 0 Å². The third-order valence-electron chi connectivity index (χ3n) is 3.12. The zero-order valence-corrected chi connectivity index (χ0v) is 11.5. The van der Waals surface area contributed by atoms with Gasteiger partial charge in [0.2, 0.25) is 5.91 Å². The van der Waals surface area contributed by atoms with E-state index in [9.17, 15) is 4.79 Å². The molecule has 1 saturated heterocycles. The summed E-state index contributed by atoms with van der Waals surface area (Å²) in [6.45, 7) is 4.68. The first-order chi connectivity index (χ1) is 8.18. The van der Waals surface area contributed by atoms with Crippen LogP contribution in [0.4, 0.5) is 0 Å². The molecule has 1 atom stereocenters. The Labute approximate surface area is 110 Å². The fourth-order valence-electron chi connectivity index (χ4n) is 2.12. The number of piperazine rings is 1. The van der Waals surface area contributed by atoms with Gasteiger partial charge in [0.15, 0.2) is 0 Å². The second kappa shape index (κ2) is 5.65. The van der Waals surface area contributed by atoms with Gasteiger partial charge in [0.25, 0.3) is 0 Å². The molecule has 17 heavy (non-hydrogen) atoms. The van der Waals surface area contributed by atoms with Crippen molar-refractivity contribution in [3.05, 3.63) is 34.3 Å². The molecule has 1 aromatic rings. The molecule has 1 aromatic carbocycles. The lowest BCUT2D eigenvalue weighted by Crippen LogP contribution is -2.52. The quantitative estimate of drug-likeness (QED) is 0.903. The smallest absolute Gasteiger partial charge is 0.227 e. The Kier molecular flexibility index (Phi) is 4.18. The van der Waals surface area contributed by atoms with E-state index in [1.54, 1.807) is 0 Å². The van der Waals surface area contributed by atoms with Gasteiger partial charge in [-0.05, 0) is 18.6 Å². The third kappa shape index (κ3) is 3.07. The van der Waals surface area contributed by atoms with E-state index in [2.05, 4.69) is 28.2 Å². The Hall–Kier alpha value is -0.870. The largest absolute Gasteiger partial charge is 0.337 e. The molecule has 0 saturated carbocycles. The Morgan fingerprint density at radius 3 is 3.00 bits per heavy atom. The van der Waals surface area contributed by atoms with Crippen molar-refractivity contribution in [2.24, 2.45) is 0 Å². The van der Waals surface area contributed by atoms with Crippen molar-refractivity contribution in [2.45, 2.75) is 19.4 Å². The predicted octanol–water partition coefficient (Wildman–Crippen LogP) is 1.81. The number of nitrogens with one attached hydrogen (secondary N) is 1. The van der Waals surface area contributed by atoms with Gasteiger partial charge in [-0.2, -0.15) is 0 Å². The van der Waals surface area contributed by atoms with Gasteiger partial charge in [0.1, 0.15) is 0 Å². The van der Waals surface area contributed by atoms with Gasteiger partial charge in [0.05, 0.1) is 6.42 Å². The van der Waals surface area contributed by atoms with Crippen LogP contribution in [0.2, 0.25) is 0 Å². The maximum atomic E-state index is 12.2. The fraction of sp³-hybridized carbons (Fsp3) is 0.462. The molecule has 3 nitrogen and oxygen atoms in total. The number of nitrogens with zero attached hydrogens (tertiary/aromatic N) is 1. The summed E-state index contributed by atoms with van der Waals surface area (Å²) in [5.74, 6) is 0.214. The standard InChI is InChI=1S/C13H17BrN2O/c1-10-9-15-6-7-16(10)13(17)8-11-4-2-3-5-12(11)14/h2-5,10,15H,6-9H2,1H3/t10-/m0/s1. The minimum absolute atomic E-state index is 0.214. The Morgan fingerprint density at radius 1 is 1.53 bits per heavy atom. The maximum absolute atomic E-state index is 12.2. The van der Waals surface area contributed by atoms with Crippen molar-refractivity contribution in [2.75, 3.05) is 19.6 Å². The highest BCUT2D eigenvalue weighted by Gasteiger charge is 2.23. The number of benzene rings is 1. The van der Waals surface area contributed by atoms with Crippen LogP contribution in [-0.2, 0) is 11.2 Å². The van der Waals surface area contributed by atoms with E-state index < -0.39 is 0 Å². The maximum Gasteiger partial charge on any atom is 0.227 e. The molecule has 1 heterocycles. The van der Waals surface area contributed by atoms with Gasteiger partial charge in [-0.25, -0.2) is 0 Å². The molecule has 4 heteroatoms. The van der Waals surface area contributed by atoms with E-state index >= 15 is 0 Å². The molecule has 0 radical (unpaired) electrons. The zero-order valence-electron chi connectivity index (χ0n) is 9.95. The van der Waals surface area contributed by atoms with Gasteiger partial charge < -0.3 is 10.2 Å². The van der Waals surface area contributed by atoms with Crippen LogP contribution in [0.5, 0.6) is 0 Å². The summed E-state index contributed by atoms with van der Waals surface area (Å²) in [7, 11) is 0. The van der Waals surface area contributed by atoms with Gasteiger partial charge in [-0.1, -0.05) is 34.1 Å². The molecule has 2 rings (SSSR count). The van der Waals surface area contributed by atoms with E-state index in [0.29, 0.717) is 12.5 Å². The number of halogens is 1. The summed E-state index contributed by atoms with van der Waals surface area (Å²) in [6, 6.07) is 8.19. The molecule has 1 aliphatic heterocycles. The molecule has 0 spiro atoms. The van der Waals surface area contributed by atoms with Crippen molar-refractivity contribution in [1.82, 2.24) is 10.2 Å². The average molecular weight is 297 g/mol. The molecule has 0 bridgehead atoms. The van der Waals surface area contributed by atoms with Crippen LogP contribution in [-0.4, -0.2) is 36.5 Å². The average Bonchev–Trinajstić information content (AvgIpc) is 2.32. The normalized spacial score (nSPS) is 20.4. The molecule has 1 N–H and O–H groups in total. The third-order valence-corrected chi connectivity index (χ3v) is 3.89. The van der Waals surface area contributed by atoms with Gasteiger partial charge >= 0.3 is 0 Å². The highest BCUT2D eigenvalue weighted by molar-refractivity contribution is 9.10. The first-order valence-corrected chi connectivity index (χ1v) is 6.71. The van der Waals surface area contributed by atoms with Crippen molar-refractivity contribution in [3.8, 4) is 0 Å². The predicted molar refractivity (Wildman–Crippen MR) is 71.9 cm³/mol. The summed E-state index contributed by atoms with van der Waals surface area (Å²) >= 11 is 3.48. The number of carbonyl (C=O) groups is 1.